The second kappa shape index (κ2) is 5.54. The molecule has 0 aromatic heterocycles. The zero-order chi connectivity index (χ0) is 15.0. The van der Waals surface area contributed by atoms with Gasteiger partial charge in [-0.1, -0.05) is 30.3 Å². The minimum absolute atomic E-state index is 0.100. The Morgan fingerprint density at radius 2 is 1.95 bits per heavy atom. The highest BCUT2D eigenvalue weighted by molar-refractivity contribution is 5.36. The van der Waals surface area contributed by atoms with Crippen molar-refractivity contribution in [2.24, 2.45) is 5.73 Å². The summed E-state index contributed by atoms with van der Waals surface area (Å²) in [7, 11) is 0. The molecule has 0 amide bonds. The molecule has 4 heteroatoms. The van der Waals surface area contributed by atoms with Crippen LogP contribution in [-0.2, 0) is 11.2 Å². The Hall–Kier alpha value is -1.78. The third kappa shape index (κ3) is 2.45. The summed E-state index contributed by atoms with van der Waals surface area (Å²) in [4.78, 5) is 0. The van der Waals surface area contributed by atoms with E-state index in [9.17, 15) is 8.78 Å². The molecule has 0 aliphatic carbocycles. The molecule has 0 radical (unpaired) electrons. The van der Waals surface area contributed by atoms with E-state index >= 15 is 0 Å². The molecule has 0 bridgehead atoms. The Morgan fingerprint density at radius 3 is 2.76 bits per heavy atom. The molecule has 1 aliphatic rings. The molecule has 0 saturated carbocycles. The number of hydrogen-bond acceptors (Lipinski definition) is 2. The van der Waals surface area contributed by atoms with E-state index in [0.717, 1.165) is 17.5 Å². The van der Waals surface area contributed by atoms with Crippen LogP contribution in [0.2, 0.25) is 0 Å². The maximum absolute atomic E-state index is 14.3. The lowest BCUT2D eigenvalue weighted by molar-refractivity contribution is 0.0225. The standard InChI is InChI=1S/C17H17F2NO/c1-10-6-7-13(18)14(15(10)19)16(20)17-12-5-3-2-4-11(12)8-9-21-17/h2-7,16-17H,8-9,20H2,1H3. The van der Waals surface area contributed by atoms with Gasteiger partial charge in [-0.05, 0) is 36.1 Å². The topological polar surface area (TPSA) is 35.2 Å². The maximum atomic E-state index is 14.3. The summed E-state index contributed by atoms with van der Waals surface area (Å²) in [6.45, 7) is 2.10. The minimum atomic E-state index is -0.869. The highest BCUT2D eigenvalue weighted by Crippen LogP contribution is 2.37. The van der Waals surface area contributed by atoms with Crippen molar-refractivity contribution < 1.29 is 13.5 Å². The smallest absolute Gasteiger partial charge is 0.133 e. The van der Waals surface area contributed by atoms with Gasteiger partial charge in [0, 0.05) is 5.56 Å². The summed E-state index contributed by atoms with van der Waals surface area (Å²) < 4.78 is 34.0. The lowest BCUT2D eigenvalue weighted by atomic mass is 9.89. The van der Waals surface area contributed by atoms with Crippen LogP contribution in [0.4, 0.5) is 8.78 Å². The molecule has 110 valence electrons. The molecule has 1 heterocycles. The number of nitrogens with two attached hydrogens (primary N) is 1. The van der Waals surface area contributed by atoms with E-state index in [1.54, 1.807) is 6.92 Å². The summed E-state index contributed by atoms with van der Waals surface area (Å²) in [5, 5.41) is 0. The first-order valence-corrected chi connectivity index (χ1v) is 6.99. The Bertz CT molecular complexity index is 672. The lowest BCUT2D eigenvalue weighted by Crippen LogP contribution is -2.28. The first-order valence-electron chi connectivity index (χ1n) is 6.99. The van der Waals surface area contributed by atoms with Crippen molar-refractivity contribution in [2.45, 2.75) is 25.5 Å². The second-order valence-electron chi connectivity index (χ2n) is 5.36. The van der Waals surface area contributed by atoms with Crippen molar-refractivity contribution in [1.82, 2.24) is 0 Å². The minimum Gasteiger partial charge on any atom is -0.371 e. The van der Waals surface area contributed by atoms with E-state index in [0.29, 0.717) is 12.2 Å². The van der Waals surface area contributed by atoms with Crippen LogP contribution < -0.4 is 5.73 Å². The summed E-state index contributed by atoms with van der Waals surface area (Å²) in [5.74, 6) is -1.22. The van der Waals surface area contributed by atoms with E-state index in [2.05, 4.69) is 0 Å². The van der Waals surface area contributed by atoms with Gasteiger partial charge < -0.3 is 10.5 Å². The number of hydrogen-bond donors (Lipinski definition) is 1. The molecular formula is C17H17F2NO. The normalized spacial score (nSPS) is 19.1. The fourth-order valence-corrected chi connectivity index (χ4v) is 2.86. The third-order valence-electron chi connectivity index (χ3n) is 4.01. The van der Waals surface area contributed by atoms with Crippen LogP contribution in [0.25, 0.3) is 0 Å². The van der Waals surface area contributed by atoms with Crippen molar-refractivity contribution in [3.63, 3.8) is 0 Å². The third-order valence-corrected chi connectivity index (χ3v) is 4.01. The molecule has 0 spiro atoms. The van der Waals surface area contributed by atoms with Crippen LogP contribution in [0.1, 0.15) is 34.4 Å². The molecule has 0 saturated heterocycles. The Balaban J connectivity index is 2.05. The lowest BCUT2D eigenvalue weighted by Gasteiger charge is -2.31. The average Bonchev–Trinajstić information content (AvgIpc) is 2.50. The van der Waals surface area contributed by atoms with Gasteiger partial charge in [-0.2, -0.15) is 0 Å². The zero-order valence-electron chi connectivity index (χ0n) is 11.8. The van der Waals surface area contributed by atoms with Gasteiger partial charge in [0.25, 0.3) is 0 Å². The van der Waals surface area contributed by atoms with E-state index in [1.807, 2.05) is 24.3 Å². The number of aryl methyl sites for hydroxylation is 1. The van der Waals surface area contributed by atoms with Crippen molar-refractivity contribution in [1.29, 1.82) is 0 Å². The Morgan fingerprint density at radius 1 is 1.19 bits per heavy atom. The fourth-order valence-electron chi connectivity index (χ4n) is 2.86. The average molecular weight is 289 g/mol. The molecule has 2 nitrogen and oxygen atoms in total. The van der Waals surface area contributed by atoms with Crippen molar-refractivity contribution >= 4 is 0 Å². The van der Waals surface area contributed by atoms with Crippen molar-refractivity contribution in [3.05, 3.63) is 70.3 Å². The first-order chi connectivity index (χ1) is 10.1. The van der Waals surface area contributed by atoms with Gasteiger partial charge in [0.05, 0.1) is 12.6 Å². The van der Waals surface area contributed by atoms with Crippen LogP contribution >= 0.6 is 0 Å². The number of halogens is 2. The van der Waals surface area contributed by atoms with Gasteiger partial charge >= 0.3 is 0 Å². The monoisotopic (exact) mass is 289 g/mol. The maximum Gasteiger partial charge on any atom is 0.133 e. The second-order valence-corrected chi connectivity index (χ2v) is 5.36. The summed E-state index contributed by atoms with van der Waals surface area (Å²) >= 11 is 0. The molecule has 0 fully saturated rings. The Labute approximate surface area is 122 Å². The van der Waals surface area contributed by atoms with Crippen LogP contribution in [0.3, 0.4) is 0 Å². The van der Waals surface area contributed by atoms with Crippen LogP contribution in [0.15, 0.2) is 36.4 Å². The van der Waals surface area contributed by atoms with Gasteiger partial charge in [0.2, 0.25) is 0 Å². The van der Waals surface area contributed by atoms with Crippen molar-refractivity contribution in [2.75, 3.05) is 6.61 Å². The number of fused-ring (bicyclic) bond motifs is 1. The molecule has 3 rings (SSSR count). The predicted octanol–water partition coefficient (Wildman–Crippen LogP) is 3.59. The first kappa shape index (κ1) is 14.2. The number of benzene rings is 2. The van der Waals surface area contributed by atoms with E-state index in [1.165, 1.54) is 12.1 Å². The molecular weight excluding hydrogens is 272 g/mol. The predicted molar refractivity (Wildman–Crippen MR) is 76.9 cm³/mol. The van der Waals surface area contributed by atoms with Crippen LogP contribution in [0.5, 0.6) is 0 Å². The summed E-state index contributed by atoms with van der Waals surface area (Å²) in [5.41, 5.74) is 8.47. The molecule has 2 aromatic carbocycles. The largest absolute Gasteiger partial charge is 0.371 e. The quantitative estimate of drug-likeness (QED) is 0.917. The van der Waals surface area contributed by atoms with Crippen LogP contribution in [0, 0.1) is 18.6 Å². The van der Waals surface area contributed by atoms with E-state index in [-0.39, 0.29) is 5.56 Å². The molecule has 2 aromatic rings. The fraction of sp³-hybridized carbons (Fsp3) is 0.294. The van der Waals surface area contributed by atoms with Gasteiger partial charge in [0.1, 0.15) is 17.7 Å². The van der Waals surface area contributed by atoms with Gasteiger partial charge in [-0.15, -0.1) is 0 Å². The van der Waals surface area contributed by atoms with E-state index in [4.69, 9.17) is 10.5 Å². The summed E-state index contributed by atoms with van der Waals surface area (Å²) in [6, 6.07) is 9.53. The van der Waals surface area contributed by atoms with Crippen molar-refractivity contribution in [3.8, 4) is 0 Å². The van der Waals surface area contributed by atoms with Gasteiger partial charge in [0.15, 0.2) is 0 Å². The number of rotatable bonds is 2. The molecule has 2 N–H and O–H groups in total. The van der Waals surface area contributed by atoms with Gasteiger partial charge in [-0.3, -0.25) is 0 Å². The van der Waals surface area contributed by atoms with Crippen LogP contribution in [-0.4, -0.2) is 6.61 Å². The highest BCUT2D eigenvalue weighted by Gasteiger charge is 2.31. The van der Waals surface area contributed by atoms with Gasteiger partial charge in [-0.25, -0.2) is 8.78 Å². The zero-order valence-corrected chi connectivity index (χ0v) is 11.8. The molecule has 2 atom stereocenters. The Kier molecular flexibility index (Phi) is 3.74. The molecule has 1 aliphatic heterocycles. The SMILES string of the molecule is Cc1ccc(F)c(C(N)C2OCCc3ccccc32)c1F. The number of ether oxygens (including phenoxy) is 1. The summed E-state index contributed by atoms with van der Waals surface area (Å²) in [6.07, 6.45) is 0.263. The molecule has 21 heavy (non-hydrogen) atoms. The molecule has 2 unspecified atom stereocenters. The van der Waals surface area contributed by atoms with E-state index < -0.39 is 23.8 Å². The highest BCUT2D eigenvalue weighted by atomic mass is 19.1.